The van der Waals surface area contributed by atoms with Gasteiger partial charge in [0.2, 0.25) is 5.91 Å². The maximum Gasteiger partial charge on any atom is 0.330 e. The molecule has 5 N–H and O–H groups in total. The Hall–Kier alpha value is -1.33. The van der Waals surface area contributed by atoms with Gasteiger partial charge in [0.1, 0.15) is 0 Å². The lowest BCUT2D eigenvalue weighted by Crippen LogP contribution is -2.61. The number of rotatable bonds is 7. The molecule has 1 heterocycles. The van der Waals surface area contributed by atoms with Crippen molar-refractivity contribution >= 4 is 39.4 Å². The Morgan fingerprint density at radius 3 is 2.38 bits per heavy atom. The first-order valence-electron chi connectivity index (χ1n) is 7.20. The molecule has 5 atom stereocenters. The average molecular weight is 380 g/mol. The van der Waals surface area contributed by atoms with Crippen LogP contribution in [-0.2, 0) is 24.2 Å². The van der Waals surface area contributed by atoms with Crippen LogP contribution in [0.3, 0.4) is 0 Å². The molecule has 2 fully saturated rings. The molecule has 0 aromatic rings. The minimum absolute atomic E-state index is 0.291. The van der Waals surface area contributed by atoms with Gasteiger partial charge < -0.3 is 21.3 Å². The van der Waals surface area contributed by atoms with Crippen LogP contribution in [0.2, 0.25) is 0 Å². The van der Waals surface area contributed by atoms with E-state index < -0.39 is 61.6 Å². The highest BCUT2D eigenvalue weighted by molar-refractivity contribution is 7.98. The van der Waals surface area contributed by atoms with Gasteiger partial charge >= 0.3 is 11.9 Å². The normalized spacial score (nSPS) is 37.3. The van der Waals surface area contributed by atoms with Gasteiger partial charge in [-0.2, -0.15) is 11.8 Å². The molecule has 0 aromatic heterocycles. The second kappa shape index (κ2) is 5.88. The van der Waals surface area contributed by atoms with Gasteiger partial charge in [-0.3, -0.25) is 9.59 Å². The van der Waals surface area contributed by atoms with Gasteiger partial charge in [-0.1, -0.05) is 0 Å². The van der Waals surface area contributed by atoms with Gasteiger partial charge in [-0.05, 0) is 25.4 Å². The summed E-state index contributed by atoms with van der Waals surface area (Å²) in [6, 6.07) is -0.995. The molecular weight excluding hydrogens is 360 g/mol. The fourth-order valence-corrected chi connectivity index (χ4v) is 6.69. The molecular formula is C13H20N2O7S2. The molecule has 1 aliphatic heterocycles. The predicted octanol–water partition coefficient (Wildman–Crippen LogP) is -1.48. The third kappa shape index (κ3) is 2.49. The van der Waals surface area contributed by atoms with E-state index >= 15 is 0 Å². The minimum atomic E-state index is -4.01. The molecule has 1 aliphatic carbocycles. The smallest absolute Gasteiger partial charge is 0.330 e. The maximum atomic E-state index is 12.4. The van der Waals surface area contributed by atoms with Crippen LogP contribution in [0.15, 0.2) is 0 Å². The summed E-state index contributed by atoms with van der Waals surface area (Å²) in [5.41, 5.74) is 3.55. The van der Waals surface area contributed by atoms with Gasteiger partial charge in [0.05, 0.1) is 22.5 Å². The van der Waals surface area contributed by atoms with Crippen LogP contribution in [-0.4, -0.2) is 70.6 Å². The molecule has 0 spiro atoms. The number of nitrogens with two attached hydrogens (primary N) is 1. The lowest BCUT2D eigenvalue weighted by atomic mass is 9.92. The number of carboxylic acid groups (broad SMARTS) is 2. The van der Waals surface area contributed by atoms with Crippen molar-refractivity contribution in [2.75, 3.05) is 17.8 Å². The number of amides is 1. The number of nitrogens with one attached hydrogen (secondary N) is 1. The van der Waals surface area contributed by atoms with E-state index in [1.807, 2.05) is 6.26 Å². The van der Waals surface area contributed by atoms with E-state index in [1.54, 1.807) is 0 Å². The van der Waals surface area contributed by atoms with E-state index in [0.29, 0.717) is 12.2 Å². The number of hydrogen-bond acceptors (Lipinski definition) is 7. The van der Waals surface area contributed by atoms with Crippen molar-refractivity contribution in [1.82, 2.24) is 5.32 Å². The highest BCUT2D eigenvalue weighted by atomic mass is 32.2. The summed E-state index contributed by atoms with van der Waals surface area (Å²) in [6.07, 6.45) is 2.11. The summed E-state index contributed by atoms with van der Waals surface area (Å²) in [6.45, 7) is 1.22. The molecule has 2 rings (SSSR count). The van der Waals surface area contributed by atoms with E-state index in [1.165, 1.54) is 18.7 Å². The monoisotopic (exact) mass is 380 g/mol. The highest BCUT2D eigenvalue weighted by Crippen LogP contribution is 2.66. The van der Waals surface area contributed by atoms with Crippen molar-refractivity contribution < 1.29 is 33.0 Å². The van der Waals surface area contributed by atoms with Gasteiger partial charge in [0, 0.05) is 5.92 Å². The van der Waals surface area contributed by atoms with Crippen LogP contribution >= 0.6 is 11.8 Å². The quantitative estimate of drug-likeness (QED) is 0.412. The zero-order chi connectivity index (χ0) is 18.5. The van der Waals surface area contributed by atoms with Gasteiger partial charge in [-0.15, -0.1) is 0 Å². The third-order valence-electron chi connectivity index (χ3n) is 5.04. The fraction of sp³-hybridized carbons (Fsp3) is 0.769. The van der Waals surface area contributed by atoms with Crippen LogP contribution in [0.4, 0.5) is 0 Å². The summed E-state index contributed by atoms with van der Waals surface area (Å²) >= 11 is 1.46. The van der Waals surface area contributed by atoms with Crippen molar-refractivity contribution in [2.24, 2.45) is 17.6 Å². The van der Waals surface area contributed by atoms with Crippen LogP contribution < -0.4 is 11.1 Å². The highest BCUT2D eigenvalue weighted by Gasteiger charge is 2.86. The lowest BCUT2D eigenvalue weighted by Gasteiger charge is -2.28. The minimum Gasteiger partial charge on any atom is -0.481 e. The Balaban J connectivity index is 2.35. The average Bonchev–Trinajstić information content (AvgIpc) is 3.07. The molecule has 24 heavy (non-hydrogen) atoms. The van der Waals surface area contributed by atoms with Gasteiger partial charge in [0.25, 0.3) is 0 Å². The van der Waals surface area contributed by atoms with E-state index in [0.717, 1.165) is 0 Å². The molecule has 11 heteroatoms. The largest absolute Gasteiger partial charge is 0.481 e. The number of carbonyl (C=O) groups excluding carboxylic acids is 1. The Bertz CT molecular complexity index is 694. The third-order valence-corrected chi connectivity index (χ3v) is 8.37. The Morgan fingerprint density at radius 1 is 1.38 bits per heavy atom. The second-order valence-electron chi connectivity index (χ2n) is 6.39. The zero-order valence-electron chi connectivity index (χ0n) is 13.2. The van der Waals surface area contributed by atoms with E-state index in [9.17, 15) is 33.0 Å². The molecule has 1 amide bonds. The maximum absolute atomic E-state index is 12.4. The molecule has 2 unspecified atom stereocenters. The van der Waals surface area contributed by atoms with E-state index in [4.69, 9.17) is 5.73 Å². The van der Waals surface area contributed by atoms with Crippen LogP contribution in [0.1, 0.15) is 13.3 Å². The number of sulfone groups is 1. The number of hydrogen-bond donors (Lipinski definition) is 4. The topological polar surface area (TPSA) is 164 Å². The first kappa shape index (κ1) is 19.0. The van der Waals surface area contributed by atoms with E-state index in [2.05, 4.69) is 5.32 Å². The van der Waals surface area contributed by atoms with Gasteiger partial charge in [0.15, 0.2) is 15.4 Å². The fourth-order valence-electron chi connectivity index (χ4n) is 3.63. The van der Waals surface area contributed by atoms with E-state index in [-0.39, 0.29) is 0 Å². The molecule has 2 aliphatic rings. The Labute approximate surface area is 143 Å². The summed E-state index contributed by atoms with van der Waals surface area (Å²) in [4.78, 5) is 35.4. The summed E-state index contributed by atoms with van der Waals surface area (Å²) in [5.74, 6) is -6.59. The molecule has 0 aromatic carbocycles. The Kier molecular flexibility index (Phi) is 4.66. The molecule has 1 saturated carbocycles. The first-order chi connectivity index (χ1) is 11.0. The molecule has 0 radical (unpaired) electrons. The number of thioether (sulfide) groups is 1. The van der Waals surface area contributed by atoms with Gasteiger partial charge in [-0.25, -0.2) is 13.2 Å². The molecule has 9 nitrogen and oxygen atoms in total. The lowest BCUT2D eigenvalue weighted by molar-refractivity contribution is -0.148. The summed E-state index contributed by atoms with van der Waals surface area (Å²) in [5, 5.41) is 21.1. The van der Waals surface area contributed by atoms with Crippen molar-refractivity contribution in [3.8, 4) is 0 Å². The Morgan fingerprint density at radius 2 is 1.96 bits per heavy atom. The van der Waals surface area contributed by atoms with Crippen LogP contribution in [0.5, 0.6) is 0 Å². The molecule has 1 saturated heterocycles. The SMILES string of the molecule is CSCC[C@@H](N)C(=O)N[C@@]1(C(=O)O)CS(=O)(=O)C2(C)C1[C@H]2C(=O)O. The number of carbonyl (C=O) groups is 3. The summed E-state index contributed by atoms with van der Waals surface area (Å²) < 4.78 is 23.1. The second-order valence-corrected chi connectivity index (χ2v) is 9.77. The molecule has 136 valence electrons. The number of carboxylic acids is 2. The van der Waals surface area contributed by atoms with Crippen LogP contribution in [0, 0.1) is 11.8 Å². The van der Waals surface area contributed by atoms with Crippen molar-refractivity contribution in [3.05, 3.63) is 0 Å². The van der Waals surface area contributed by atoms with Crippen molar-refractivity contribution in [1.29, 1.82) is 0 Å². The zero-order valence-corrected chi connectivity index (χ0v) is 14.8. The summed E-state index contributed by atoms with van der Waals surface area (Å²) in [7, 11) is -4.01. The van der Waals surface area contributed by atoms with Crippen molar-refractivity contribution in [3.63, 3.8) is 0 Å². The predicted molar refractivity (Wildman–Crippen MR) is 86.3 cm³/mol. The van der Waals surface area contributed by atoms with Crippen LogP contribution in [0.25, 0.3) is 0 Å². The van der Waals surface area contributed by atoms with Crippen molar-refractivity contribution in [2.45, 2.75) is 29.7 Å². The number of aliphatic carboxylic acids is 2. The molecule has 0 bridgehead atoms. The first-order valence-corrected chi connectivity index (χ1v) is 10.3. The standard InChI is InChI=1S/C13H20N2O7S2/c1-12-7(10(17)18)8(12)13(11(19)20,5-24(12,21)22)15-9(16)6(14)3-4-23-2/h6-8H,3-5,14H2,1-2H3,(H,15,16)(H,17,18)(H,19,20)/t6-,7+,8?,12?,13+/m1/s1. The number of fused-ring (bicyclic) bond motifs is 1.